The zero-order valence-electron chi connectivity index (χ0n) is 10.3. The molecule has 0 spiro atoms. The van der Waals surface area contributed by atoms with Gasteiger partial charge in [-0.15, -0.1) is 0 Å². The Morgan fingerprint density at radius 1 is 1.31 bits per heavy atom. The number of hydrogen-bond donors (Lipinski definition) is 0. The van der Waals surface area contributed by atoms with Crippen LogP contribution in [-0.2, 0) is 16.0 Å². The Morgan fingerprint density at radius 3 is 2.50 bits per heavy atom. The Hall–Kier alpha value is -1.15. The highest BCUT2D eigenvalue weighted by molar-refractivity contribution is 5.81. The van der Waals surface area contributed by atoms with E-state index in [1.54, 1.807) is 7.11 Å². The van der Waals surface area contributed by atoms with E-state index >= 15 is 0 Å². The molecule has 16 heavy (non-hydrogen) atoms. The van der Waals surface area contributed by atoms with Crippen molar-refractivity contribution in [2.45, 2.75) is 26.7 Å². The highest BCUT2D eigenvalue weighted by atomic mass is 16.5. The van der Waals surface area contributed by atoms with E-state index in [2.05, 4.69) is 0 Å². The molecule has 2 heteroatoms. The van der Waals surface area contributed by atoms with Crippen molar-refractivity contribution in [2.24, 2.45) is 5.92 Å². The first-order chi connectivity index (χ1) is 7.61. The average Bonchev–Trinajstić information content (AvgIpc) is 2.21. The number of ketones is 1. The zero-order chi connectivity index (χ0) is 12.0. The van der Waals surface area contributed by atoms with Crippen molar-refractivity contribution >= 4 is 5.78 Å². The van der Waals surface area contributed by atoms with Gasteiger partial charge in [-0.25, -0.2) is 0 Å². The summed E-state index contributed by atoms with van der Waals surface area (Å²) >= 11 is 0. The predicted molar refractivity (Wildman–Crippen MR) is 65.5 cm³/mol. The molecule has 0 bridgehead atoms. The predicted octanol–water partition coefficient (Wildman–Crippen LogP) is 2.78. The SMILES string of the molecule is COCC(C)CC(=O)Cc1ccc(C)cc1. The summed E-state index contributed by atoms with van der Waals surface area (Å²) in [5, 5.41) is 0. The number of Topliss-reactive ketones (excluding diaryl/α,β-unsaturated/α-hetero) is 1. The van der Waals surface area contributed by atoms with Crippen LogP contribution in [0.1, 0.15) is 24.5 Å². The van der Waals surface area contributed by atoms with Crippen LogP contribution in [0.15, 0.2) is 24.3 Å². The van der Waals surface area contributed by atoms with Gasteiger partial charge in [0.1, 0.15) is 5.78 Å². The lowest BCUT2D eigenvalue weighted by atomic mass is 10.00. The highest BCUT2D eigenvalue weighted by Gasteiger charge is 2.09. The number of ether oxygens (including phenoxy) is 1. The third-order valence-corrected chi connectivity index (χ3v) is 2.55. The van der Waals surface area contributed by atoms with Gasteiger partial charge in [0, 0.05) is 26.6 Å². The quantitative estimate of drug-likeness (QED) is 0.737. The molecule has 88 valence electrons. The summed E-state index contributed by atoms with van der Waals surface area (Å²) in [7, 11) is 1.67. The van der Waals surface area contributed by atoms with Gasteiger partial charge in [-0.1, -0.05) is 36.8 Å². The molecule has 0 heterocycles. The molecular formula is C14H20O2. The van der Waals surface area contributed by atoms with Gasteiger partial charge in [-0.2, -0.15) is 0 Å². The fourth-order valence-corrected chi connectivity index (χ4v) is 1.74. The molecule has 1 rings (SSSR count). The first-order valence-electron chi connectivity index (χ1n) is 5.68. The van der Waals surface area contributed by atoms with Crippen LogP contribution < -0.4 is 0 Å². The highest BCUT2D eigenvalue weighted by Crippen LogP contribution is 2.09. The van der Waals surface area contributed by atoms with Crippen LogP contribution >= 0.6 is 0 Å². The molecule has 0 fully saturated rings. The lowest BCUT2D eigenvalue weighted by Crippen LogP contribution is -2.12. The van der Waals surface area contributed by atoms with E-state index in [9.17, 15) is 4.79 Å². The Bertz CT molecular complexity index is 327. The fourth-order valence-electron chi connectivity index (χ4n) is 1.74. The number of hydrogen-bond acceptors (Lipinski definition) is 2. The lowest BCUT2D eigenvalue weighted by molar-refractivity contribution is -0.119. The van der Waals surface area contributed by atoms with Gasteiger partial charge in [-0.05, 0) is 18.4 Å². The fraction of sp³-hybridized carbons (Fsp3) is 0.500. The molecule has 0 N–H and O–H groups in total. The molecule has 0 saturated heterocycles. The molecule has 0 aliphatic rings. The summed E-state index contributed by atoms with van der Waals surface area (Å²) in [5.74, 6) is 0.594. The van der Waals surface area contributed by atoms with E-state index in [0.29, 0.717) is 25.4 Å². The van der Waals surface area contributed by atoms with Crippen LogP contribution in [0.4, 0.5) is 0 Å². The first-order valence-corrected chi connectivity index (χ1v) is 5.68. The second-order valence-corrected chi connectivity index (χ2v) is 4.47. The van der Waals surface area contributed by atoms with Crippen LogP contribution in [0, 0.1) is 12.8 Å². The molecule has 2 nitrogen and oxygen atoms in total. The van der Waals surface area contributed by atoms with Gasteiger partial charge in [0.2, 0.25) is 0 Å². The minimum atomic E-state index is 0.286. The molecule has 1 aromatic rings. The van der Waals surface area contributed by atoms with E-state index in [0.717, 1.165) is 5.56 Å². The van der Waals surface area contributed by atoms with Crippen molar-refractivity contribution in [2.75, 3.05) is 13.7 Å². The van der Waals surface area contributed by atoms with Gasteiger partial charge in [0.25, 0.3) is 0 Å². The molecule has 0 aromatic heterocycles. The number of aryl methyl sites for hydroxylation is 1. The molecule has 0 radical (unpaired) electrons. The number of carbonyl (C=O) groups is 1. The standard InChI is InChI=1S/C14H20O2/c1-11-4-6-13(7-5-11)9-14(15)8-12(2)10-16-3/h4-7,12H,8-10H2,1-3H3. The van der Waals surface area contributed by atoms with Gasteiger partial charge in [0.15, 0.2) is 0 Å². The average molecular weight is 220 g/mol. The summed E-state index contributed by atoms with van der Waals surface area (Å²) in [4.78, 5) is 11.7. The van der Waals surface area contributed by atoms with Crippen LogP contribution in [0.25, 0.3) is 0 Å². The van der Waals surface area contributed by atoms with Crippen molar-refractivity contribution in [1.82, 2.24) is 0 Å². The van der Waals surface area contributed by atoms with E-state index < -0.39 is 0 Å². The van der Waals surface area contributed by atoms with Gasteiger partial charge >= 0.3 is 0 Å². The maximum absolute atomic E-state index is 11.7. The topological polar surface area (TPSA) is 26.3 Å². The van der Waals surface area contributed by atoms with Crippen LogP contribution in [0.3, 0.4) is 0 Å². The Kier molecular flexibility index (Phi) is 5.20. The molecule has 0 saturated carbocycles. The van der Waals surface area contributed by atoms with E-state index in [1.165, 1.54) is 5.56 Å². The maximum atomic E-state index is 11.7. The number of methoxy groups -OCH3 is 1. The van der Waals surface area contributed by atoms with E-state index in [-0.39, 0.29) is 5.78 Å². The molecule has 1 unspecified atom stereocenters. The van der Waals surface area contributed by atoms with Gasteiger partial charge < -0.3 is 4.74 Å². The monoisotopic (exact) mass is 220 g/mol. The molecule has 0 amide bonds. The normalized spacial score (nSPS) is 12.4. The second kappa shape index (κ2) is 6.44. The second-order valence-electron chi connectivity index (χ2n) is 4.47. The summed E-state index contributed by atoms with van der Waals surface area (Å²) < 4.78 is 5.02. The molecule has 1 atom stereocenters. The van der Waals surface area contributed by atoms with Crippen LogP contribution in [0.2, 0.25) is 0 Å². The van der Waals surface area contributed by atoms with Gasteiger partial charge in [-0.3, -0.25) is 4.79 Å². The summed E-state index contributed by atoms with van der Waals surface area (Å²) in [6, 6.07) is 8.13. The van der Waals surface area contributed by atoms with Crippen molar-refractivity contribution in [1.29, 1.82) is 0 Å². The third kappa shape index (κ3) is 4.58. The number of benzene rings is 1. The van der Waals surface area contributed by atoms with Gasteiger partial charge in [0.05, 0.1) is 0 Å². The Labute approximate surface area is 97.6 Å². The smallest absolute Gasteiger partial charge is 0.137 e. The van der Waals surface area contributed by atoms with Crippen molar-refractivity contribution in [3.8, 4) is 0 Å². The Morgan fingerprint density at radius 2 is 1.94 bits per heavy atom. The molecule has 0 aliphatic heterocycles. The minimum absolute atomic E-state index is 0.286. The van der Waals surface area contributed by atoms with Crippen molar-refractivity contribution < 1.29 is 9.53 Å². The number of rotatable bonds is 6. The van der Waals surface area contributed by atoms with E-state index in [1.807, 2.05) is 38.1 Å². The van der Waals surface area contributed by atoms with Crippen molar-refractivity contribution in [3.05, 3.63) is 35.4 Å². The largest absolute Gasteiger partial charge is 0.384 e. The van der Waals surface area contributed by atoms with Crippen LogP contribution in [-0.4, -0.2) is 19.5 Å². The maximum Gasteiger partial charge on any atom is 0.137 e. The first kappa shape index (κ1) is 12.9. The summed E-state index contributed by atoms with van der Waals surface area (Å²) in [6.45, 7) is 4.74. The molecule has 0 aliphatic carbocycles. The third-order valence-electron chi connectivity index (χ3n) is 2.55. The molecule has 1 aromatic carbocycles. The van der Waals surface area contributed by atoms with Crippen LogP contribution in [0.5, 0.6) is 0 Å². The number of carbonyl (C=O) groups excluding carboxylic acids is 1. The lowest BCUT2D eigenvalue weighted by Gasteiger charge is -2.09. The zero-order valence-corrected chi connectivity index (χ0v) is 10.3. The minimum Gasteiger partial charge on any atom is -0.384 e. The van der Waals surface area contributed by atoms with Crippen molar-refractivity contribution in [3.63, 3.8) is 0 Å². The summed E-state index contributed by atoms with van der Waals surface area (Å²) in [6.07, 6.45) is 1.13. The van der Waals surface area contributed by atoms with E-state index in [4.69, 9.17) is 4.74 Å². The summed E-state index contributed by atoms with van der Waals surface area (Å²) in [5.41, 5.74) is 2.32. The Balaban J connectivity index is 2.42. The molecular weight excluding hydrogens is 200 g/mol.